The molecule has 0 aliphatic carbocycles. The molecule has 0 saturated carbocycles. The van der Waals surface area contributed by atoms with E-state index in [9.17, 15) is 19.2 Å². The van der Waals surface area contributed by atoms with E-state index in [4.69, 9.17) is 20.4 Å². The zero-order valence-electron chi connectivity index (χ0n) is 12.6. The van der Waals surface area contributed by atoms with Gasteiger partial charge in [-0.05, 0) is 27.9 Å². The molecule has 22 heavy (non-hydrogen) atoms. The Balaban J connectivity index is 5.30. The average molecular weight is 320 g/mol. The van der Waals surface area contributed by atoms with Crippen LogP contribution in [0.3, 0.4) is 0 Å². The Hall–Kier alpha value is -2.20. The van der Waals surface area contributed by atoms with Crippen LogP contribution in [0.15, 0.2) is 0 Å². The third kappa shape index (κ3) is 4.40. The lowest BCUT2D eigenvalue weighted by atomic mass is 10.0. The van der Waals surface area contributed by atoms with Gasteiger partial charge in [-0.25, -0.2) is 19.2 Å². The molecule has 0 saturated heterocycles. The highest BCUT2D eigenvalue weighted by molar-refractivity contribution is 5.97. The van der Waals surface area contributed by atoms with Crippen LogP contribution in [-0.2, 0) is 19.2 Å². The standard InChI is InChI=1S/C12H20N2O8/c1-5(13(3)7(9(15)16)10(17)18)6(2)14(4)8(11(19)20)12(21)22/h5-8H,1-4H3,(H,15,16)(H,17,18)(H,19,20)(H,21,22). The van der Waals surface area contributed by atoms with Crippen LogP contribution in [0.25, 0.3) is 0 Å². The van der Waals surface area contributed by atoms with E-state index in [1.807, 2.05) is 0 Å². The molecular formula is C12H20N2O8. The second-order valence-corrected chi connectivity index (χ2v) is 4.97. The number of rotatable bonds is 9. The number of carboxylic acid groups (broad SMARTS) is 4. The minimum absolute atomic E-state index is 0.733. The number of carboxylic acids is 4. The molecule has 0 rings (SSSR count). The van der Waals surface area contributed by atoms with Crippen molar-refractivity contribution >= 4 is 23.9 Å². The van der Waals surface area contributed by atoms with Gasteiger partial charge in [0, 0.05) is 12.1 Å². The Morgan fingerprint density at radius 3 is 0.955 bits per heavy atom. The Labute approximate surface area is 126 Å². The van der Waals surface area contributed by atoms with E-state index in [-0.39, 0.29) is 0 Å². The summed E-state index contributed by atoms with van der Waals surface area (Å²) in [6.07, 6.45) is 0. The van der Waals surface area contributed by atoms with Crippen LogP contribution >= 0.6 is 0 Å². The van der Waals surface area contributed by atoms with Crippen LogP contribution in [0.2, 0.25) is 0 Å². The summed E-state index contributed by atoms with van der Waals surface area (Å²) < 4.78 is 0. The molecule has 0 aromatic heterocycles. The number of nitrogens with zero attached hydrogens (tertiary/aromatic N) is 2. The number of hydrogen-bond acceptors (Lipinski definition) is 6. The van der Waals surface area contributed by atoms with Crippen LogP contribution < -0.4 is 0 Å². The topological polar surface area (TPSA) is 156 Å². The summed E-state index contributed by atoms with van der Waals surface area (Å²) in [5.41, 5.74) is 0. The van der Waals surface area contributed by atoms with Gasteiger partial charge in [0.25, 0.3) is 0 Å². The van der Waals surface area contributed by atoms with Crippen molar-refractivity contribution in [1.82, 2.24) is 9.80 Å². The third-order valence-electron chi connectivity index (χ3n) is 3.73. The molecule has 2 atom stereocenters. The fourth-order valence-electron chi connectivity index (χ4n) is 2.06. The Morgan fingerprint density at radius 2 is 0.818 bits per heavy atom. The van der Waals surface area contributed by atoms with E-state index in [2.05, 4.69) is 0 Å². The van der Waals surface area contributed by atoms with Crippen molar-refractivity contribution in [3.05, 3.63) is 0 Å². The largest absolute Gasteiger partial charge is 0.480 e. The Bertz CT molecular complexity index is 396. The summed E-state index contributed by atoms with van der Waals surface area (Å²) in [5.74, 6) is -6.26. The first kappa shape index (κ1) is 19.8. The SMILES string of the molecule is CC(C(C)N(C)C(C(=O)O)C(=O)O)N(C)C(C(=O)O)C(=O)O. The van der Waals surface area contributed by atoms with Gasteiger partial charge >= 0.3 is 23.9 Å². The second kappa shape index (κ2) is 7.71. The summed E-state index contributed by atoms with van der Waals surface area (Å²) in [5, 5.41) is 35.8. The van der Waals surface area contributed by atoms with Crippen molar-refractivity contribution in [2.45, 2.75) is 38.0 Å². The van der Waals surface area contributed by atoms with Crippen molar-refractivity contribution in [2.75, 3.05) is 14.1 Å². The van der Waals surface area contributed by atoms with Crippen molar-refractivity contribution in [2.24, 2.45) is 0 Å². The van der Waals surface area contributed by atoms with E-state index >= 15 is 0 Å². The van der Waals surface area contributed by atoms with Crippen molar-refractivity contribution in [1.29, 1.82) is 0 Å². The minimum atomic E-state index is -1.82. The first-order valence-electron chi connectivity index (χ1n) is 6.28. The van der Waals surface area contributed by atoms with E-state index in [1.54, 1.807) is 0 Å². The van der Waals surface area contributed by atoms with Gasteiger partial charge in [0.1, 0.15) is 0 Å². The van der Waals surface area contributed by atoms with Crippen LogP contribution in [0, 0.1) is 0 Å². The molecule has 0 heterocycles. The fraction of sp³-hybridized carbons (Fsp3) is 0.667. The zero-order chi connectivity index (χ0) is 17.8. The number of carbonyl (C=O) groups is 4. The fourth-order valence-corrected chi connectivity index (χ4v) is 2.06. The predicted octanol–water partition coefficient (Wildman–Crippen LogP) is -1.30. The highest BCUT2D eigenvalue weighted by Crippen LogP contribution is 2.14. The summed E-state index contributed by atoms with van der Waals surface area (Å²) in [6, 6.07) is -5.11. The lowest BCUT2D eigenvalue weighted by Gasteiger charge is -2.38. The lowest BCUT2D eigenvalue weighted by molar-refractivity contribution is -0.162. The van der Waals surface area contributed by atoms with E-state index in [0.717, 1.165) is 9.80 Å². The monoisotopic (exact) mass is 320 g/mol. The molecule has 0 aliphatic rings. The molecule has 0 fully saturated rings. The lowest BCUT2D eigenvalue weighted by Crippen LogP contribution is -2.58. The Morgan fingerprint density at radius 1 is 0.636 bits per heavy atom. The van der Waals surface area contributed by atoms with Crippen molar-refractivity contribution in [3.8, 4) is 0 Å². The summed E-state index contributed by atoms with van der Waals surface area (Å²) in [6.45, 7) is 2.97. The first-order chi connectivity index (χ1) is 9.93. The number of hydrogen-bond donors (Lipinski definition) is 4. The van der Waals surface area contributed by atoms with Gasteiger partial charge in [-0.3, -0.25) is 9.80 Å². The molecular weight excluding hydrogens is 300 g/mol. The molecule has 0 aromatic carbocycles. The number of aliphatic carboxylic acids is 4. The highest BCUT2D eigenvalue weighted by Gasteiger charge is 2.39. The predicted molar refractivity (Wildman–Crippen MR) is 72.6 cm³/mol. The summed E-state index contributed by atoms with van der Waals surface area (Å²) in [4.78, 5) is 46.1. The van der Waals surface area contributed by atoms with Gasteiger partial charge in [0.15, 0.2) is 0 Å². The van der Waals surface area contributed by atoms with Crippen LogP contribution in [0.5, 0.6) is 0 Å². The average Bonchev–Trinajstić information content (AvgIpc) is 2.34. The molecule has 0 spiro atoms. The molecule has 2 unspecified atom stereocenters. The molecule has 0 aromatic rings. The molecule has 0 aliphatic heterocycles. The molecule has 0 radical (unpaired) electrons. The maximum atomic E-state index is 11.0. The maximum Gasteiger partial charge on any atom is 0.332 e. The smallest absolute Gasteiger partial charge is 0.332 e. The van der Waals surface area contributed by atoms with E-state index in [0.29, 0.717) is 0 Å². The van der Waals surface area contributed by atoms with Crippen LogP contribution in [0.4, 0.5) is 0 Å². The summed E-state index contributed by atoms with van der Waals surface area (Å²) >= 11 is 0. The van der Waals surface area contributed by atoms with Crippen LogP contribution in [-0.4, -0.2) is 92.4 Å². The van der Waals surface area contributed by atoms with Gasteiger partial charge < -0.3 is 20.4 Å². The van der Waals surface area contributed by atoms with E-state index < -0.39 is 48.0 Å². The number of likely N-dealkylation sites (N-methyl/N-ethyl adjacent to an activating group) is 2. The van der Waals surface area contributed by atoms with Gasteiger partial charge in [-0.2, -0.15) is 0 Å². The molecule has 0 amide bonds. The molecule has 10 heteroatoms. The quantitative estimate of drug-likeness (QED) is 0.377. The molecule has 10 nitrogen and oxygen atoms in total. The van der Waals surface area contributed by atoms with Crippen molar-refractivity contribution in [3.63, 3.8) is 0 Å². The first-order valence-corrected chi connectivity index (χ1v) is 6.28. The normalized spacial score (nSPS) is 14.4. The third-order valence-corrected chi connectivity index (χ3v) is 3.73. The summed E-state index contributed by atoms with van der Waals surface area (Å²) in [7, 11) is 2.52. The van der Waals surface area contributed by atoms with Gasteiger partial charge in [0.05, 0.1) is 0 Å². The second-order valence-electron chi connectivity index (χ2n) is 4.97. The van der Waals surface area contributed by atoms with Gasteiger partial charge in [-0.15, -0.1) is 0 Å². The van der Waals surface area contributed by atoms with Crippen molar-refractivity contribution < 1.29 is 39.6 Å². The van der Waals surface area contributed by atoms with Gasteiger partial charge in [0.2, 0.25) is 12.1 Å². The van der Waals surface area contributed by atoms with Gasteiger partial charge in [-0.1, -0.05) is 0 Å². The molecule has 4 N–H and O–H groups in total. The minimum Gasteiger partial charge on any atom is -0.480 e. The highest BCUT2D eigenvalue weighted by atomic mass is 16.4. The van der Waals surface area contributed by atoms with Crippen LogP contribution in [0.1, 0.15) is 13.8 Å². The van der Waals surface area contributed by atoms with E-state index in [1.165, 1.54) is 27.9 Å². The Kier molecular flexibility index (Phi) is 6.94. The zero-order valence-corrected chi connectivity index (χ0v) is 12.6. The molecule has 126 valence electrons. The maximum absolute atomic E-state index is 11.0. The molecule has 0 bridgehead atoms.